The number of nitrogens with zero attached hydrogens (tertiary/aromatic N) is 3. The van der Waals surface area contributed by atoms with Crippen LogP contribution in [0.2, 0.25) is 0 Å². The summed E-state index contributed by atoms with van der Waals surface area (Å²) in [5.74, 6) is 1.00. The van der Waals surface area contributed by atoms with Crippen molar-refractivity contribution in [1.82, 2.24) is 20.1 Å². The highest BCUT2D eigenvalue weighted by molar-refractivity contribution is 5.80. The quantitative estimate of drug-likeness (QED) is 0.716. The lowest BCUT2D eigenvalue weighted by molar-refractivity contribution is -0.118. The van der Waals surface area contributed by atoms with Crippen molar-refractivity contribution in [2.45, 2.75) is 59.0 Å². The number of ketones is 1. The molecule has 0 radical (unpaired) electrons. The van der Waals surface area contributed by atoms with Gasteiger partial charge in [0, 0.05) is 18.5 Å². The van der Waals surface area contributed by atoms with Gasteiger partial charge < -0.3 is 5.32 Å². The molecule has 0 aliphatic rings. The van der Waals surface area contributed by atoms with Gasteiger partial charge in [-0.15, -0.1) is 0 Å². The van der Waals surface area contributed by atoms with Crippen LogP contribution in [0.3, 0.4) is 0 Å². The van der Waals surface area contributed by atoms with E-state index in [9.17, 15) is 4.79 Å². The molecule has 1 N–H and O–H groups in total. The van der Waals surface area contributed by atoms with Crippen LogP contribution in [-0.4, -0.2) is 33.1 Å². The number of carbonyl (C=O) groups is 1. The van der Waals surface area contributed by atoms with Crippen molar-refractivity contribution in [3.8, 4) is 0 Å². The minimum Gasteiger partial charge on any atom is -0.315 e. The topological polar surface area (TPSA) is 59.8 Å². The van der Waals surface area contributed by atoms with Crippen LogP contribution in [0.15, 0.2) is 6.33 Å². The Morgan fingerprint density at radius 2 is 2.11 bits per heavy atom. The van der Waals surface area contributed by atoms with E-state index in [1.165, 1.54) is 6.33 Å². The summed E-state index contributed by atoms with van der Waals surface area (Å²) in [4.78, 5) is 16.0. The number of carbonyl (C=O) groups excluding carboxylic acids is 1. The molecule has 5 nitrogen and oxygen atoms in total. The second kappa shape index (κ2) is 7.26. The lowest BCUT2D eigenvalue weighted by Gasteiger charge is -2.09. The summed E-state index contributed by atoms with van der Waals surface area (Å²) < 4.78 is 1.81. The first kappa shape index (κ1) is 14.8. The second-order valence-corrected chi connectivity index (χ2v) is 5.14. The first-order chi connectivity index (χ1) is 8.50. The summed E-state index contributed by atoms with van der Waals surface area (Å²) in [6.07, 6.45) is 3.39. The van der Waals surface area contributed by atoms with Gasteiger partial charge in [-0.05, 0) is 26.8 Å². The Morgan fingerprint density at radius 3 is 2.72 bits per heavy atom. The first-order valence-corrected chi connectivity index (χ1v) is 6.64. The number of nitrogens with one attached hydrogen (secondary N) is 1. The van der Waals surface area contributed by atoms with Crippen LogP contribution in [0.5, 0.6) is 0 Å². The minimum atomic E-state index is 0.232. The maximum Gasteiger partial charge on any atom is 0.140 e. The molecular weight excluding hydrogens is 228 g/mol. The fourth-order valence-electron chi connectivity index (χ4n) is 1.77. The Morgan fingerprint density at radius 1 is 1.39 bits per heavy atom. The van der Waals surface area contributed by atoms with Crippen LogP contribution in [0.4, 0.5) is 0 Å². The molecule has 0 unspecified atom stereocenters. The standard InChI is InChI=1S/C13H24N4O/c1-10(2)14-7-5-6-12(18)8-13-15-9-16-17(13)11(3)4/h9-11,14H,5-8H2,1-4H3. The lowest BCUT2D eigenvalue weighted by Crippen LogP contribution is -2.24. The molecule has 1 aromatic heterocycles. The third-order valence-electron chi connectivity index (χ3n) is 2.68. The van der Waals surface area contributed by atoms with Gasteiger partial charge in [0.2, 0.25) is 0 Å². The van der Waals surface area contributed by atoms with Crippen LogP contribution in [0.1, 0.15) is 52.4 Å². The van der Waals surface area contributed by atoms with Crippen molar-refractivity contribution >= 4 is 5.78 Å². The van der Waals surface area contributed by atoms with Gasteiger partial charge in [0.25, 0.3) is 0 Å². The van der Waals surface area contributed by atoms with Gasteiger partial charge in [0.15, 0.2) is 0 Å². The average molecular weight is 252 g/mol. The summed E-state index contributed by atoms with van der Waals surface area (Å²) in [6, 6.07) is 0.724. The SMILES string of the molecule is CC(C)NCCCC(=O)Cc1ncnn1C(C)C. The summed E-state index contributed by atoms with van der Waals surface area (Å²) in [5, 5.41) is 7.43. The van der Waals surface area contributed by atoms with E-state index in [1.54, 1.807) is 0 Å². The van der Waals surface area contributed by atoms with E-state index >= 15 is 0 Å². The Labute approximate surface area is 109 Å². The highest BCUT2D eigenvalue weighted by atomic mass is 16.1. The number of rotatable bonds is 8. The molecule has 0 aliphatic carbocycles. The summed E-state index contributed by atoms with van der Waals surface area (Å²) in [6.45, 7) is 9.17. The van der Waals surface area contributed by atoms with Crippen LogP contribution < -0.4 is 5.32 Å². The van der Waals surface area contributed by atoms with E-state index in [-0.39, 0.29) is 11.8 Å². The van der Waals surface area contributed by atoms with Crippen LogP contribution >= 0.6 is 0 Å². The van der Waals surface area contributed by atoms with Gasteiger partial charge in [0.05, 0.1) is 6.42 Å². The van der Waals surface area contributed by atoms with Gasteiger partial charge in [-0.3, -0.25) is 4.79 Å². The molecule has 0 saturated carbocycles. The highest BCUT2D eigenvalue weighted by Gasteiger charge is 2.11. The number of aromatic nitrogens is 3. The van der Waals surface area contributed by atoms with E-state index in [1.807, 2.05) is 18.5 Å². The predicted molar refractivity (Wildman–Crippen MR) is 71.5 cm³/mol. The van der Waals surface area contributed by atoms with Crippen molar-refractivity contribution in [2.75, 3.05) is 6.54 Å². The molecule has 18 heavy (non-hydrogen) atoms. The van der Waals surface area contributed by atoms with Crippen LogP contribution in [0, 0.1) is 0 Å². The predicted octanol–water partition coefficient (Wildman–Crippen LogP) is 1.75. The number of Topliss-reactive ketones (excluding diaryl/α,β-unsaturated/α-hetero) is 1. The molecule has 1 rings (SSSR count). The molecule has 0 fully saturated rings. The fourth-order valence-corrected chi connectivity index (χ4v) is 1.77. The third-order valence-corrected chi connectivity index (χ3v) is 2.68. The fraction of sp³-hybridized carbons (Fsp3) is 0.769. The number of hydrogen-bond donors (Lipinski definition) is 1. The summed E-state index contributed by atoms with van der Waals surface area (Å²) in [5.41, 5.74) is 0. The molecular formula is C13H24N4O. The average Bonchev–Trinajstić information content (AvgIpc) is 2.72. The zero-order valence-electron chi connectivity index (χ0n) is 11.8. The van der Waals surface area contributed by atoms with Crippen molar-refractivity contribution in [3.05, 3.63) is 12.2 Å². The van der Waals surface area contributed by atoms with E-state index in [0.717, 1.165) is 18.8 Å². The molecule has 1 aromatic rings. The molecule has 0 aliphatic heterocycles. The molecule has 0 atom stereocenters. The van der Waals surface area contributed by atoms with Gasteiger partial charge >= 0.3 is 0 Å². The van der Waals surface area contributed by atoms with Gasteiger partial charge in [0.1, 0.15) is 17.9 Å². The van der Waals surface area contributed by atoms with Crippen molar-refractivity contribution in [2.24, 2.45) is 0 Å². The van der Waals surface area contributed by atoms with Crippen molar-refractivity contribution < 1.29 is 4.79 Å². The van der Waals surface area contributed by atoms with E-state index in [2.05, 4.69) is 29.2 Å². The molecule has 0 amide bonds. The maximum absolute atomic E-state index is 11.8. The van der Waals surface area contributed by atoms with Crippen molar-refractivity contribution in [3.63, 3.8) is 0 Å². The molecule has 0 saturated heterocycles. The van der Waals surface area contributed by atoms with Gasteiger partial charge in [-0.1, -0.05) is 13.8 Å². The smallest absolute Gasteiger partial charge is 0.140 e. The Bertz CT molecular complexity index is 371. The monoisotopic (exact) mass is 252 g/mol. The molecule has 102 valence electrons. The third kappa shape index (κ3) is 4.96. The van der Waals surface area contributed by atoms with E-state index in [0.29, 0.717) is 18.9 Å². The van der Waals surface area contributed by atoms with E-state index in [4.69, 9.17) is 0 Å². The highest BCUT2D eigenvalue weighted by Crippen LogP contribution is 2.07. The Balaban J connectivity index is 2.33. The zero-order valence-corrected chi connectivity index (χ0v) is 11.8. The van der Waals surface area contributed by atoms with Crippen molar-refractivity contribution in [1.29, 1.82) is 0 Å². The zero-order chi connectivity index (χ0) is 13.5. The lowest BCUT2D eigenvalue weighted by atomic mass is 10.1. The molecule has 0 bridgehead atoms. The minimum absolute atomic E-state index is 0.232. The maximum atomic E-state index is 11.8. The van der Waals surface area contributed by atoms with E-state index < -0.39 is 0 Å². The van der Waals surface area contributed by atoms with Gasteiger partial charge in [-0.2, -0.15) is 5.10 Å². The molecule has 0 spiro atoms. The molecule has 0 aromatic carbocycles. The number of hydrogen-bond acceptors (Lipinski definition) is 4. The normalized spacial score (nSPS) is 11.4. The Hall–Kier alpha value is -1.23. The second-order valence-electron chi connectivity index (χ2n) is 5.14. The largest absolute Gasteiger partial charge is 0.315 e. The molecule has 5 heteroatoms. The first-order valence-electron chi connectivity index (χ1n) is 6.64. The summed E-state index contributed by atoms with van der Waals surface area (Å²) >= 11 is 0. The summed E-state index contributed by atoms with van der Waals surface area (Å²) in [7, 11) is 0. The van der Waals surface area contributed by atoms with Crippen LogP contribution in [-0.2, 0) is 11.2 Å². The Kier molecular flexibility index (Phi) is 5.98. The van der Waals surface area contributed by atoms with Crippen LogP contribution in [0.25, 0.3) is 0 Å². The molecule has 1 heterocycles. The van der Waals surface area contributed by atoms with Gasteiger partial charge in [-0.25, -0.2) is 9.67 Å².